The first-order valence-electron chi connectivity index (χ1n) is 6.83. The van der Waals surface area contributed by atoms with E-state index in [0.29, 0.717) is 18.9 Å². The van der Waals surface area contributed by atoms with Crippen LogP contribution in [0.4, 0.5) is 4.39 Å². The fourth-order valence-electron chi connectivity index (χ4n) is 2.10. The normalized spacial score (nSPS) is 10.3. The molecule has 0 heterocycles. The maximum absolute atomic E-state index is 13.9. The van der Waals surface area contributed by atoms with E-state index in [0.717, 1.165) is 11.1 Å². The lowest BCUT2D eigenvalue weighted by molar-refractivity contribution is 0.0946. The molecule has 0 saturated heterocycles. The fourth-order valence-corrected chi connectivity index (χ4v) is 2.10. The van der Waals surface area contributed by atoms with Crippen LogP contribution < -0.4 is 10.1 Å². The van der Waals surface area contributed by atoms with Gasteiger partial charge in [0.1, 0.15) is 11.6 Å². The molecular weight excluding hydrogens is 285 g/mol. The van der Waals surface area contributed by atoms with Crippen LogP contribution in [0.2, 0.25) is 0 Å². The molecular formula is C17H18FNO3. The molecule has 1 N–H and O–H groups in total. The van der Waals surface area contributed by atoms with E-state index in [1.807, 2.05) is 24.3 Å². The van der Waals surface area contributed by atoms with Gasteiger partial charge in [-0.15, -0.1) is 0 Å². The summed E-state index contributed by atoms with van der Waals surface area (Å²) < 4.78 is 23.9. The number of carbonyl (C=O) groups excluding carboxylic acids is 1. The summed E-state index contributed by atoms with van der Waals surface area (Å²) >= 11 is 0. The third-order valence-electron chi connectivity index (χ3n) is 3.28. The van der Waals surface area contributed by atoms with Crippen molar-refractivity contribution < 1.29 is 18.7 Å². The van der Waals surface area contributed by atoms with Crippen molar-refractivity contribution >= 4 is 5.91 Å². The lowest BCUT2D eigenvalue weighted by atomic mass is 10.1. The molecule has 116 valence electrons. The molecule has 2 aromatic rings. The lowest BCUT2D eigenvalue weighted by Crippen LogP contribution is -2.24. The number of amides is 1. The Kier molecular flexibility index (Phi) is 5.49. The topological polar surface area (TPSA) is 47.6 Å². The predicted octanol–water partition coefficient (Wildman–Crippen LogP) is 2.91. The van der Waals surface area contributed by atoms with E-state index in [9.17, 15) is 9.18 Å². The van der Waals surface area contributed by atoms with Crippen LogP contribution in [0.1, 0.15) is 21.5 Å². The quantitative estimate of drug-likeness (QED) is 0.892. The van der Waals surface area contributed by atoms with E-state index >= 15 is 0 Å². The molecule has 0 spiro atoms. The summed E-state index contributed by atoms with van der Waals surface area (Å²) in [6, 6.07) is 11.8. The van der Waals surface area contributed by atoms with Gasteiger partial charge in [0.15, 0.2) is 0 Å². The number of hydrogen-bond donors (Lipinski definition) is 1. The van der Waals surface area contributed by atoms with Crippen molar-refractivity contribution in [3.63, 3.8) is 0 Å². The van der Waals surface area contributed by atoms with Gasteiger partial charge < -0.3 is 14.8 Å². The smallest absolute Gasteiger partial charge is 0.254 e. The highest BCUT2D eigenvalue weighted by atomic mass is 19.1. The van der Waals surface area contributed by atoms with Gasteiger partial charge in [0.2, 0.25) is 0 Å². The minimum Gasteiger partial charge on any atom is -0.497 e. The number of ether oxygens (including phenoxy) is 2. The SMILES string of the molecule is COCc1ccccc1CNC(=O)c1ccc(OC)cc1F. The Bertz CT molecular complexity index is 658. The van der Waals surface area contributed by atoms with E-state index in [2.05, 4.69) is 5.32 Å². The first kappa shape index (κ1) is 16.0. The first-order chi connectivity index (χ1) is 10.7. The number of hydrogen-bond acceptors (Lipinski definition) is 3. The Balaban J connectivity index is 2.07. The number of benzene rings is 2. The molecule has 0 bridgehead atoms. The molecule has 2 rings (SSSR count). The second-order valence-electron chi connectivity index (χ2n) is 4.73. The molecule has 0 aliphatic carbocycles. The zero-order valence-corrected chi connectivity index (χ0v) is 12.6. The van der Waals surface area contributed by atoms with Gasteiger partial charge in [-0.1, -0.05) is 24.3 Å². The van der Waals surface area contributed by atoms with Gasteiger partial charge in [-0.25, -0.2) is 4.39 Å². The van der Waals surface area contributed by atoms with Gasteiger partial charge in [-0.3, -0.25) is 4.79 Å². The summed E-state index contributed by atoms with van der Waals surface area (Å²) in [5, 5.41) is 2.72. The summed E-state index contributed by atoms with van der Waals surface area (Å²) in [5.41, 5.74) is 1.91. The molecule has 0 aliphatic heterocycles. The zero-order chi connectivity index (χ0) is 15.9. The van der Waals surface area contributed by atoms with Crippen LogP contribution in [-0.2, 0) is 17.9 Å². The summed E-state index contributed by atoms with van der Waals surface area (Å²) in [6.45, 7) is 0.771. The molecule has 22 heavy (non-hydrogen) atoms. The molecule has 1 amide bonds. The minimum atomic E-state index is -0.609. The third-order valence-corrected chi connectivity index (χ3v) is 3.28. The maximum atomic E-state index is 13.9. The molecule has 5 heteroatoms. The van der Waals surface area contributed by atoms with Crippen molar-refractivity contribution in [3.05, 3.63) is 65.0 Å². The average molecular weight is 303 g/mol. The van der Waals surface area contributed by atoms with Crippen LogP contribution >= 0.6 is 0 Å². The highest BCUT2D eigenvalue weighted by Gasteiger charge is 2.13. The number of rotatable bonds is 6. The van der Waals surface area contributed by atoms with E-state index in [-0.39, 0.29) is 5.56 Å². The van der Waals surface area contributed by atoms with Crippen LogP contribution in [-0.4, -0.2) is 20.1 Å². The van der Waals surface area contributed by atoms with Crippen molar-refractivity contribution in [1.82, 2.24) is 5.32 Å². The van der Waals surface area contributed by atoms with Gasteiger partial charge in [-0.2, -0.15) is 0 Å². The number of nitrogens with one attached hydrogen (secondary N) is 1. The molecule has 0 fully saturated rings. The third kappa shape index (κ3) is 3.83. The van der Waals surface area contributed by atoms with Crippen LogP contribution in [0, 0.1) is 5.82 Å². The van der Waals surface area contributed by atoms with E-state index in [1.54, 1.807) is 13.2 Å². The Morgan fingerprint density at radius 2 is 1.86 bits per heavy atom. The predicted molar refractivity (Wildman–Crippen MR) is 81.3 cm³/mol. The van der Waals surface area contributed by atoms with Gasteiger partial charge >= 0.3 is 0 Å². The van der Waals surface area contributed by atoms with E-state index in [4.69, 9.17) is 9.47 Å². The molecule has 0 aliphatic rings. The molecule has 0 aromatic heterocycles. The summed E-state index contributed by atoms with van der Waals surface area (Å²) in [5.74, 6) is -0.700. The second kappa shape index (κ2) is 7.56. The first-order valence-corrected chi connectivity index (χ1v) is 6.83. The van der Waals surface area contributed by atoms with Gasteiger partial charge in [0, 0.05) is 19.7 Å². The Hall–Kier alpha value is -2.40. The number of carbonyl (C=O) groups is 1. The largest absolute Gasteiger partial charge is 0.497 e. The molecule has 2 aromatic carbocycles. The summed E-state index contributed by atoms with van der Waals surface area (Å²) in [7, 11) is 3.06. The van der Waals surface area contributed by atoms with Gasteiger partial charge in [0.25, 0.3) is 5.91 Å². The van der Waals surface area contributed by atoms with Crippen LogP contribution in [0.5, 0.6) is 5.75 Å². The fraction of sp³-hybridized carbons (Fsp3) is 0.235. The lowest BCUT2D eigenvalue weighted by Gasteiger charge is -2.11. The maximum Gasteiger partial charge on any atom is 0.254 e. The van der Waals surface area contributed by atoms with Gasteiger partial charge in [-0.05, 0) is 23.3 Å². The minimum absolute atomic E-state index is 0.00924. The van der Waals surface area contributed by atoms with Crippen LogP contribution in [0.25, 0.3) is 0 Å². The van der Waals surface area contributed by atoms with Crippen molar-refractivity contribution in [2.45, 2.75) is 13.2 Å². The zero-order valence-electron chi connectivity index (χ0n) is 12.6. The highest BCUT2D eigenvalue weighted by Crippen LogP contribution is 2.16. The summed E-state index contributed by atoms with van der Waals surface area (Å²) in [6.07, 6.45) is 0. The molecule has 4 nitrogen and oxygen atoms in total. The number of methoxy groups -OCH3 is 2. The molecule has 0 unspecified atom stereocenters. The number of halogens is 1. The van der Waals surface area contributed by atoms with Crippen molar-refractivity contribution in [2.75, 3.05) is 14.2 Å². The van der Waals surface area contributed by atoms with Crippen molar-refractivity contribution in [3.8, 4) is 5.75 Å². The van der Waals surface area contributed by atoms with Crippen LogP contribution in [0.15, 0.2) is 42.5 Å². The molecule has 0 saturated carbocycles. The average Bonchev–Trinajstić information content (AvgIpc) is 2.54. The Labute approximate surface area is 128 Å². The molecule has 0 atom stereocenters. The van der Waals surface area contributed by atoms with Crippen molar-refractivity contribution in [2.24, 2.45) is 0 Å². The highest BCUT2D eigenvalue weighted by molar-refractivity contribution is 5.94. The Morgan fingerprint density at radius 3 is 2.50 bits per heavy atom. The molecule has 0 radical (unpaired) electrons. The van der Waals surface area contributed by atoms with Gasteiger partial charge in [0.05, 0.1) is 19.3 Å². The summed E-state index contributed by atoms with van der Waals surface area (Å²) in [4.78, 5) is 12.1. The van der Waals surface area contributed by atoms with Crippen LogP contribution in [0.3, 0.4) is 0 Å². The monoisotopic (exact) mass is 303 g/mol. The standard InChI is InChI=1S/C17H18FNO3/c1-21-11-13-6-4-3-5-12(13)10-19-17(20)15-8-7-14(22-2)9-16(15)18/h3-9H,10-11H2,1-2H3,(H,19,20). The van der Waals surface area contributed by atoms with E-state index < -0.39 is 11.7 Å². The second-order valence-corrected chi connectivity index (χ2v) is 4.73. The van der Waals surface area contributed by atoms with E-state index in [1.165, 1.54) is 19.2 Å². The Morgan fingerprint density at radius 1 is 1.14 bits per heavy atom. The van der Waals surface area contributed by atoms with Crippen molar-refractivity contribution in [1.29, 1.82) is 0 Å².